The van der Waals surface area contributed by atoms with Gasteiger partial charge in [0.25, 0.3) is 0 Å². The second-order valence-corrected chi connectivity index (χ2v) is 6.74. The Morgan fingerprint density at radius 2 is 2.31 bits per heavy atom. The predicted molar refractivity (Wildman–Crippen MR) is 69.1 cm³/mol. The molecule has 1 aliphatic carbocycles. The van der Waals surface area contributed by atoms with Crippen LogP contribution in [0.2, 0.25) is 4.34 Å². The summed E-state index contributed by atoms with van der Waals surface area (Å²) in [6.45, 7) is 6.34. The second-order valence-electron chi connectivity index (χ2n) is 5.20. The first-order chi connectivity index (χ1) is 7.41. The quantitative estimate of drug-likeness (QED) is 0.874. The fourth-order valence-corrected chi connectivity index (χ4v) is 3.12. The molecule has 1 aromatic heterocycles. The van der Waals surface area contributed by atoms with E-state index in [9.17, 15) is 5.11 Å². The van der Waals surface area contributed by atoms with Gasteiger partial charge in [-0.15, -0.1) is 11.3 Å². The summed E-state index contributed by atoms with van der Waals surface area (Å²) in [5.41, 5.74) is 1.21. The average Bonchev–Trinajstić information content (AvgIpc) is 2.64. The first-order valence-electron chi connectivity index (χ1n) is 5.59. The average molecular weight is 260 g/mol. The maximum atomic E-state index is 9.67. The molecule has 0 radical (unpaired) electrons. The largest absolute Gasteiger partial charge is 0.392 e. The Bertz CT molecular complexity index is 377. The number of rotatable bonds is 3. The number of halogens is 1. The molecule has 1 aliphatic rings. The van der Waals surface area contributed by atoms with Crippen LogP contribution in [0.4, 0.5) is 0 Å². The minimum Gasteiger partial charge on any atom is -0.392 e. The Kier molecular flexibility index (Phi) is 3.32. The summed E-state index contributed by atoms with van der Waals surface area (Å²) >= 11 is 7.48. The van der Waals surface area contributed by atoms with Crippen LogP contribution < -0.4 is 5.32 Å². The lowest BCUT2D eigenvalue weighted by Crippen LogP contribution is -2.60. The van der Waals surface area contributed by atoms with Gasteiger partial charge in [0, 0.05) is 17.5 Å². The van der Waals surface area contributed by atoms with Crippen molar-refractivity contribution < 1.29 is 5.11 Å². The molecule has 90 valence electrons. The van der Waals surface area contributed by atoms with Crippen molar-refractivity contribution in [3.05, 3.63) is 21.3 Å². The van der Waals surface area contributed by atoms with Crippen LogP contribution in [-0.4, -0.2) is 17.3 Å². The lowest BCUT2D eigenvalue weighted by atomic mass is 9.64. The van der Waals surface area contributed by atoms with Gasteiger partial charge >= 0.3 is 0 Å². The SMILES string of the molecule is CC(NC1CC(O)C1(C)C)c1csc(Cl)c1. The Morgan fingerprint density at radius 1 is 1.62 bits per heavy atom. The molecule has 16 heavy (non-hydrogen) atoms. The fourth-order valence-electron chi connectivity index (χ4n) is 2.13. The molecule has 1 saturated carbocycles. The predicted octanol–water partition coefficient (Wildman–Crippen LogP) is 3.21. The molecule has 0 aliphatic heterocycles. The van der Waals surface area contributed by atoms with E-state index in [-0.39, 0.29) is 11.5 Å². The molecule has 0 bridgehead atoms. The van der Waals surface area contributed by atoms with Crippen LogP contribution in [-0.2, 0) is 0 Å². The van der Waals surface area contributed by atoms with Gasteiger partial charge in [0.2, 0.25) is 0 Å². The third-order valence-electron chi connectivity index (χ3n) is 3.75. The van der Waals surface area contributed by atoms with E-state index in [0.717, 1.165) is 10.8 Å². The van der Waals surface area contributed by atoms with Crippen LogP contribution >= 0.6 is 22.9 Å². The topological polar surface area (TPSA) is 32.3 Å². The summed E-state index contributed by atoms with van der Waals surface area (Å²) in [5, 5.41) is 15.3. The van der Waals surface area contributed by atoms with Crippen molar-refractivity contribution >= 4 is 22.9 Å². The van der Waals surface area contributed by atoms with Crippen molar-refractivity contribution in [3.63, 3.8) is 0 Å². The van der Waals surface area contributed by atoms with Crippen LogP contribution in [0.5, 0.6) is 0 Å². The number of aliphatic hydroxyl groups excluding tert-OH is 1. The molecule has 0 saturated heterocycles. The first-order valence-corrected chi connectivity index (χ1v) is 6.85. The minimum absolute atomic E-state index is 0.0198. The van der Waals surface area contributed by atoms with E-state index in [0.29, 0.717) is 12.1 Å². The van der Waals surface area contributed by atoms with Crippen LogP contribution in [0, 0.1) is 5.41 Å². The van der Waals surface area contributed by atoms with Crippen LogP contribution in [0.15, 0.2) is 11.4 Å². The third kappa shape index (κ3) is 2.14. The van der Waals surface area contributed by atoms with Crippen molar-refractivity contribution in [2.45, 2.75) is 45.4 Å². The third-order valence-corrected chi connectivity index (χ3v) is 4.86. The summed E-state index contributed by atoms with van der Waals surface area (Å²) in [6.07, 6.45) is 0.665. The zero-order valence-electron chi connectivity index (χ0n) is 9.83. The van der Waals surface area contributed by atoms with Gasteiger partial charge in [0.1, 0.15) is 0 Å². The van der Waals surface area contributed by atoms with E-state index in [1.54, 1.807) is 11.3 Å². The van der Waals surface area contributed by atoms with Crippen LogP contribution in [0.1, 0.15) is 38.8 Å². The summed E-state index contributed by atoms with van der Waals surface area (Å²) in [5.74, 6) is 0. The van der Waals surface area contributed by atoms with E-state index < -0.39 is 0 Å². The molecule has 2 rings (SSSR count). The monoisotopic (exact) mass is 259 g/mol. The molecule has 1 fully saturated rings. The van der Waals surface area contributed by atoms with Crippen molar-refractivity contribution in [3.8, 4) is 0 Å². The van der Waals surface area contributed by atoms with Crippen LogP contribution in [0.25, 0.3) is 0 Å². The molecule has 2 N–H and O–H groups in total. The van der Waals surface area contributed by atoms with Gasteiger partial charge in [-0.2, -0.15) is 0 Å². The summed E-state index contributed by atoms with van der Waals surface area (Å²) in [4.78, 5) is 0. The van der Waals surface area contributed by atoms with Gasteiger partial charge in [-0.3, -0.25) is 0 Å². The molecule has 0 spiro atoms. The Morgan fingerprint density at radius 3 is 2.75 bits per heavy atom. The normalized spacial score (nSPS) is 29.8. The standard InChI is InChI=1S/C12H18ClNOS/c1-7(8-4-11(13)16-6-8)14-9-5-10(15)12(9,2)3/h4,6-7,9-10,14-15H,5H2,1-3H3. The zero-order chi connectivity index (χ0) is 11.9. The van der Waals surface area contributed by atoms with Crippen molar-refractivity contribution in [1.29, 1.82) is 0 Å². The van der Waals surface area contributed by atoms with E-state index in [2.05, 4.69) is 31.5 Å². The highest BCUT2D eigenvalue weighted by molar-refractivity contribution is 7.14. The molecule has 4 heteroatoms. The van der Waals surface area contributed by atoms with E-state index in [1.807, 2.05) is 6.07 Å². The Balaban J connectivity index is 1.96. The number of hydrogen-bond acceptors (Lipinski definition) is 3. The summed E-state index contributed by atoms with van der Waals surface area (Å²) in [7, 11) is 0. The van der Waals surface area contributed by atoms with Gasteiger partial charge in [-0.05, 0) is 30.4 Å². The molecular formula is C12H18ClNOS. The van der Waals surface area contributed by atoms with E-state index in [1.165, 1.54) is 5.56 Å². The molecule has 3 unspecified atom stereocenters. The van der Waals surface area contributed by atoms with Crippen molar-refractivity contribution in [2.75, 3.05) is 0 Å². The molecule has 3 atom stereocenters. The van der Waals surface area contributed by atoms with Gasteiger partial charge in [0.15, 0.2) is 0 Å². The van der Waals surface area contributed by atoms with Gasteiger partial charge in [-0.1, -0.05) is 25.4 Å². The molecule has 1 aromatic rings. The molecule has 0 amide bonds. The number of hydrogen-bond donors (Lipinski definition) is 2. The van der Waals surface area contributed by atoms with Gasteiger partial charge < -0.3 is 10.4 Å². The zero-order valence-corrected chi connectivity index (χ0v) is 11.4. The Labute approximate surface area is 106 Å². The van der Waals surface area contributed by atoms with Crippen molar-refractivity contribution in [1.82, 2.24) is 5.32 Å². The van der Waals surface area contributed by atoms with E-state index >= 15 is 0 Å². The molecule has 2 nitrogen and oxygen atoms in total. The summed E-state index contributed by atoms with van der Waals surface area (Å²) in [6, 6.07) is 2.68. The molecule has 0 aromatic carbocycles. The number of thiophene rings is 1. The molecule has 1 heterocycles. The molecular weight excluding hydrogens is 242 g/mol. The van der Waals surface area contributed by atoms with Gasteiger partial charge in [-0.25, -0.2) is 0 Å². The van der Waals surface area contributed by atoms with Crippen molar-refractivity contribution in [2.24, 2.45) is 5.41 Å². The van der Waals surface area contributed by atoms with Crippen LogP contribution in [0.3, 0.4) is 0 Å². The number of aliphatic hydroxyl groups is 1. The van der Waals surface area contributed by atoms with Gasteiger partial charge in [0.05, 0.1) is 10.4 Å². The maximum absolute atomic E-state index is 9.67. The summed E-state index contributed by atoms with van der Waals surface area (Å²) < 4.78 is 0.830. The fraction of sp³-hybridized carbons (Fsp3) is 0.667. The minimum atomic E-state index is -0.178. The number of nitrogens with one attached hydrogen (secondary N) is 1. The highest BCUT2D eigenvalue weighted by atomic mass is 35.5. The Hall–Kier alpha value is -0.0900. The highest BCUT2D eigenvalue weighted by Gasteiger charge is 2.47. The lowest BCUT2D eigenvalue weighted by molar-refractivity contribution is -0.0754. The first kappa shape index (κ1) is 12.4. The maximum Gasteiger partial charge on any atom is 0.0931 e. The second kappa shape index (κ2) is 4.30. The smallest absolute Gasteiger partial charge is 0.0931 e. The van der Waals surface area contributed by atoms with E-state index in [4.69, 9.17) is 11.6 Å². The lowest BCUT2D eigenvalue weighted by Gasteiger charge is -2.50. The highest BCUT2D eigenvalue weighted by Crippen LogP contribution is 2.41.